The minimum absolute atomic E-state index is 0.134. The molecule has 0 aliphatic carbocycles. The fourth-order valence-electron chi connectivity index (χ4n) is 1.33. The average molecular weight is 285 g/mol. The molecule has 84 valence electrons. The number of carbonyl (C=O) groups excluding carboxylic acids is 1. The van der Waals surface area contributed by atoms with E-state index in [1.165, 1.54) is 6.07 Å². The maximum absolute atomic E-state index is 10.8. The minimum Gasteiger partial charge on any atom is -0.364 e. The van der Waals surface area contributed by atoms with Gasteiger partial charge in [-0.1, -0.05) is 5.16 Å². The lowest BCUT2D eigenvalue weighted by Gasteiger charge is -1.90. The summed E-state index contributed by atoms with van der Waals surface area (Å²) in [7, 11) is 1.82. The largest absolute Gasteiger partial charge is 0.364 e. The number of aromatic nitrogens is 3. The van der Waals surface area contributed by atoms with E-state index in [0.29, 0.717) is 12.2 Å². The predicted molar refractivity (Wildman–Crippen MR) is 58.7 cm³/mol. The fraction of sp³-hybridized carbons (Fsp3) is 0.222. The summed E-state index contributed by atoms with van der Waals surface area (Å²) in [5.74, 6) is -0.0252. The van der Waals surface area contributed by atoms with Crippen molar-refractivity contribution in [2.45, 2.75) is 6.42 Å². The van der Waals surface area contributed by atoms with Crippen molar-refractivity contribution in [2.24, 2.45) is 12.8 Å². The van der Waals surface area contributed by atoms with Gasteiger partial charge in [0.2, 0.25) is 0 Å². The first-order valence-corrected chi connectivity index (χ1v) is 5.29. The molecule has 6 nitrogen and oxygen atoms in total. The van der Waals surface area contributed by atoms with E-state index in [9.17, 15) is 4.79 Å². The Balaban J connectivity index is 2.20. The molecule has 2 heterocycles. The average Bonchev–Trinajstić information content (AvgIpc) is 2.75. The van der Waals surface area contributed by atoms with Crippen LogP contribution in [0.2, 0.25) is 0 Å². The number of hydrogen-bond donors (Lipinski definition) is 1. The second-order valence-corrected chi connectivity index (χ2v) is 4.09. The Hall–Kier alpha value is -1.63. The third-order valence-corrected chi connectivity index (χ3v) is 2.70. The number of nitrogens with zero attached hydrogens (tertiary/aromatic N) is 3. The number of amides is 1. The van der Waals surface area contributed by atoms with Gasteiger partial charge in [-0.25, -0.2) is 0 Å². The summed E-state index contributed by atoms with van der Waals surface area (Å²) in [6.07, 6.45) is 2.37. The second-order valence-electron chi connectivity index (χ2n) is 3.34. The quantitative estimate of drug-likeness (QED) is 0.906. The summed E-state index contributed by atoms with van der Waals surface area (Å²) in [5, 5.41) is 7.69. The topological polar surface area (TPSA) is 86.9 Å². The van der Waals surface area contributed by atoms with Crippen molar-refractivity contribution in [2.75, 3.05) is 0 Å². The van der Waals surface area contributed by atoms with Crippen molar-refractivity contribution in [3.8, 4) is 0 Å². The zero-order chi connectivity index (χ0) is 11.7. The molecule has 7 heteroatoms. The SMILES string of the molecule is Cn1cc(Cc2cc(C(N)=O)no2)c(Br)n1. The summed E-state index contributed by atoms with van der Waals surface area (Å²) in [5.41, 5.74) is 6.16. The number of nitrogens with two attached hydrogens (primary N) is 1. The molecule has 0 unspecified atom stereocenters. The maximum atomic E-state index is 10.8. The molecule has 0 spiro atoms. The van der Waals surface area contributed by atoms with E-state index in [4.69, 9.17) is 10.3 Å². The highest BCUT2D eigenvalue weighted by Crippen LogP contribution is 2.18. The number of primary amides is 1. The molecule has 2 aromatic rings. The van der Waals surface area contributed by atoms with Crippen molar-refractivity contribution in [3.05, 3.63) is 33.9 Å². The van der Waals surface area contributed by atoms with Gasteiger partial charge >= 0.3 is 0 Å². The Morgan fingerprint density at radius 3 is 2.94 bits per heavy atom. The summed E-state index contributed by atoms with van der Waals surface area (Å²) in [4.78, 5) is 10.8. The van der Waals surface area contributed by atoms with Crippen molar-refractivity contribution < 1.29 is 9.32 Å². The highest BCUT2D eigenvalue weighted by Gasteiger charge is 2.12. The molecule has 0 bridgehead atoms. The lowest BCUT2D eigenvalue weighted by atomic mass is 10.2. The summed E-state index contributed by atoms with van der Waals surface area (Å²) >= 11 is 3.32. The Bertz CT molecular complexity index is 531. The minimum atomic E-state index is -0.597. The van der Waals surface area contributed by atoms with Crippen LogP contribution < -0.4 is 5.73 Å². The van der Waals surface area contributed by atoms with E-state index in [-0.39, 0.29) is 5.69 Å². The third-order valence-electron chi connectivity index (χ3n) is 2.03. The van der Waals surface area contributed by atoms with Gasteiger partial charge in [0.15, 0.2) is 5.69 Å². The van der Waals surface area contributed by atoms with Crippen LogP contribution in [0.5, 0.6) is 0 Å². The van der Waals surface area contributed by atoms with Crippen LogP contribution in [0.1, 0.15) is 21.8 Å². The van der Waals surface area contributed by atoms with Crippen molar-refractivity contribution in [1.29, 1.82) is 0 Å². The molecule has 0 saturated heterocycles. The predicted octanol–water partition coefficient (Wildman–Crippen LogP) is 0.860. The number of carbonyl (C=O) groups is 1. The lowest BCUT2D eigenvalue weighted by molar-refractivity contribution is 0.0991. The first kappa shape index (κ1) is 10.9. The normalized spacial score (nSPS) is 10.6. The van der Waals surface area contributed by atoms with Gasteiger partial charge in [0.05, 0.1) is 0 Å². The van der Waals surface area contributed by atoms with Gasteiger partial charge in [-0.2, -0.15) is 5.10 Å². The summed E-state index contributed by atoms with van der Waals surface area (Å²) in [6.45, 7) is 0. The zero-order valence-electron chi connectivity index (χ0n) is 8.48. The summed E-state index contributed by atoms with van der Waals surface area (Å²) < 4.78 is 7.41. The molecule has 0 aromatic carbocycles. The van der Waals surface area contributed by atoms with Gasteiger partial charge in [0.1, 0.15) is 10.4 Å². The van der Waals surface area contributed by atoms with Gasteiger partial charge in [0, 0.05) is 31.3 Å². The molecule has 16 heavy (non-hydrogen) atoms. The van der Waals surface area contributed by atoms with Crippen LogP contribution in [-0.4, -0.2) is 20.8 Å². The van der Waals surface area contributed by atoms with Gasteiger partial charge in [-0.15, -0.1) is 0 Å². The van der Waals surface area contributed by atoms with Gasteiger partial charge in [0.25, 0.3) is 5.91 Å². The zero-order valence-corrected chi connectivity index (χ0v) is 10.1. The smallest absolute Gasteiger partial charge is 0.270 e. The monoisotopic (exact) mass is 284 g/mol. The molecule has 0 atom stereocenters. The van der Waals surface area contributed by atoms with Crippen LogP contribution in [0.15, 0.2) is 21.4 Å². The van der Waals surface area contributed by atoms with Crippen molar-refractivity contribution >= 4 is 21.8 Å². The van der Waals surface area contributed by atoms with Crippen LogP contribution in [0, 0.1) is 0 Å². The van der Waals surface area contributed by atoms with E-state index in [2.05, 4.69) is 26.2 Å². The molecule has 2 aromatic heterocycles. The van der Waals surface area contributed by atoms with Crippen LogP contribution >= 0.6 is 15.9 Å². The fourth-order valence-corrected chi connectivity index (χ4v) is 1.82. The molecule has 1 amide bonds. The molecule has 0 fully saturated rings. The van der Waals surface area contributed by atoms with Crippen LogP contribution in [-0.2, 0) is 13.5 Å². The second kappa shape index (κ2) is 4.09. The first-order valence-electron chi connectivity index (χ1n) is 4.49. The molecule has 2 rings (SSSR count). The van der Waals surface area contributed by atoms with Gasteiger partial charge in [-0.3, -0.25) is 9.48 Å². The Morgan fingerprint density at radius 1 is 1.69 bits per heavy atom. The molecule has 2 N–H and O–H groups in total. The van der Waals surface area contributed by atoms with E-state index < -0.39 is 5.91 Å². The van der Waals surface area contributed by atoms with Crippen molar-refractivity contribution in [1.82, 2.24) is 14.9 Å². The Kier molecular flexibility index (Phi) is 2.78. The maximum Gasteiger partial charge on any atom is 0.270 e. The molecular weight excluding hydrogens is 276 g/mol. The molecule has 0 saturated carbocycles. The highest BCUT2D eigenvalue weighted by molar-refractivity contribution is 9.10. The van der Waals surface area contributed by atoms with Gasteiger partial charge in [-0.05, 0) is 15.9 Å². The van der Waals surface area contributed by atoms with Gasteiger partial charge < -0.3 is 10.3 Å². The van der Waals surface area contributed by atoms with E-state index in [1.54, 1.807) is 4.68 Å². The van der Waals surface area contributed by atoms with Crippen molar-refractivity contribution in [3.63, 3.8) is 0 Å². The van der Waals surface area contributed by atoms with E-state index in [0.717, 1.165) is 10.2 Å². The number of hydrogen-bond acceptors (Lipinski definition) is 4. The summed E-state index contributed by atoms with van der Waals surface area (Å²) in [6, 6.07) is 1.53. The Labute approximate surface area is 99.5 Å². The highest BCUT2D eigenvalue weighted by atomic mass is 79.9. The molecular formula is C9H9BrN4O2. The first-order chi connectivity index (χ1) is 7.56. The van der Waals surface area contributed by atoms with Crippen LogP contribution in [0.25, 0.3) is 0 Å². The standard InChI is InChI=1S/C9H9BrN4O2/c1-14-4-5(8(10)12-14)2-6-3-7(9(11)15)13-16-6/h3-4H,2H2,1H3,(H2,11,15). The van der Waals surface area contributed by atoms with Crippen LogP contribution in [0.3, 0.4) is 0 Å². The van der Waals surface area contributed by atoms with E-state index in [1.807, 2.05) is 13.2 Å². The number of halogens is 1. The molecule has 0 radical (unpaired) electrons. The number of rotatable bonds is 3. The third kappa shape index (κ3) is 2.13. The lowest BCUT2D eigenvalue weighted by Crippen LogP contribution is -2.10. The number of aryl methyl sites for hydroxylation is 1. The molecule has 0 aliphatic rings. The Morgan fingerprint density at radius 2 is 2.44 bits per heavy atom. The van der Waals surface area contributed by atoms with E-state index >= 15 is 0 Å². The van der Waals surface area contributed by atoms with Crippen LogP contribution in [0.4, 0.5) is 0 Å². The molecule has 0 aliphatic heterocycles.